The first-order valence-electron chi connectivity index (χ1n) is 7.53. The van der Waals surface area contributed by atoms with Gasteiger partial charge in [-0.3, -0.25) is 9.36 Å². The van der Waals surface area contributed by atoms with E-state index in [0.717, 1.165) is 5.69 Å². The second-order valence-corrected chi connectivity index (χ2v) is 5.55. The van der Waals surface area contributed by atoms with Crippen molar-refractivity contribution in [3.05, 3.63) is 65.8 Å². The lowest BCUT2D eigenvalue weighted by Crippen LogP contribution is -2.20. The van der Waals surface area contributed by atoms with Crippen LogP contribution in [0.5, 0.6) is 11.8 Å². The van der Waals surface area contributed by atoms with Crippen LogP contribution in [0.1, 0.15) is 0 Å². The summed E-state index contributed by atoms with van der Waals surface area (Å²) in [6, 6.07) is 16.8. The number of carbonyl (C=O) groups excluding carboxylic acids is 1. The van der Waals surface area contributed by atoms with Crippen LogP contribution in [0.4, 0.5) is 5.82 Å². The Bertz CT molecular complexity index is 865. The van der Waals surface area contributed by atoms with Crippen molar-refractivity contribution in [2.24, 2.45) is 0 Å². The molecule has 0 spiro atoms. The van der Waals surface area contributed by atoms with Gasteiger partial charge in [-0.25, -0.2) is 0 Å². The van der Waals surface area contributed by atoms with Crippen molar-refractivity contribution in [1.82, 2.24) is 9.55 Å². The van der Waals surface area contributed by atoms with E-state index < -0.39 is 0 Å². The second kappa shape index (κ2) is 7.72. The Labute approximate surface area is 150 Å². The van der Waals surface area contributed by atoms with Crippen LogP contribution in [0.15, 0.2) is 60.8 Å². The van der Waals surface area contributed by atoms with Crippen LogP contribution in [-0.4, -0.2) is 29.2 Å². The monoisotopic (exact) mass is 357 g/mol. The zero-order valence-electron chi connectivity index (χ0n) is 13.5. The zero-order chi connectivity index (χ0) is 17.6. The Morgan fingerprint density at radius 1 is 1.20 bits per heavy atom. The van der Waals surface area contributed by atoms with Crippen LogP contribution >= 0.6 is 11.6 Å². The van der Waals surface area contributed by atoms with Crippen LogP contribution in [0.25, 0.3) is 5.69 Å². The van der Waals surface area contributed by atoms with Gasteiger partial charge in [0.25, 0.3) is 5.91 Å². The second-order valence-electron chi connectivity index (χ2n) is 5.11. The summed E-state index contributed by atoms with van der Waals surface area (Å²) in [7, 11) is 1.52. The minimum absolute atomic E-state index is 0.152. The molecule has 1 N–H and O–H groups in total. The molecule has 0 unspecified atom stereocenters. The number of aromatic nitrogens is 2. The maximum atomic E-state index is 12.1. The normalized spacial score (nSPS) is 10.3. The molecule has 1 amide bonds. The maximum absolute atomic E-state index is 12.1. The molecular formula is C18H16ClN3O3. The standard InChI is InChI=1S/C18H16ClN3O3/c1-24-18-21-16(11-22(18)14-7-3-2-4-8-14)20-17(23)12-25-15-9-5-6-13(19)10-15/h2-11H,12H2,1H3,(H,20,23). The number of nitrogens with zero attached hydrogens (tertiary/aromatic N) is 2. The Hall–Kier alpha value is -2.99. The summed E-state index contributed by atoms with van der Waals surface area (Å²) in [5, 5.41) is 3.23. The zero-order valence-corrected chi connectivity index (χ0v) is 14.2. The van der Waals surface area contributed by atoms with E-state index in [-0.39, 0.29) is 12.5 Å². The van der Waals surface area contributed by atoms with Crippen molar-refractivity contribution in [1.29, 1.82) is 0 Å². The van der Waals surface area contributed by atoms with Crippen molar-refractivity contribution in [2.45, 2.75) is 0 Å². The first-order chi connectivity index (χ1) is 12.2. The number of ether oxygens (including phenoxy) is 2. The van der Waals surface area contributed by atoms with E-state index >= 15 is 0 Å². The molecule has 0 bridgehead atoms. The first-order valence-corrected chi connectivity index (χ1v) is 7.90. The Balaban J connectivity index is 1.66. The molecule has 0 saturated carbocycles. The topological polar surface area (TPSA) is 65.4 Å². The van der Waals surface area contributed by atoms with E-state index in [9.17, 15) is 4.79 Å². The molecule has 3 rings (SSSR count). The molecular weight excluding hydrogens is 342 g/mol. The number of benzene rings is 2. The van der Waals surface area contributed by atoms with E-state index in [2.05, 4.69) is 10.3 Å². The highest BCUT2D eigenvalue weighted by Gasteiger charge is 2.12. The minimum atomic E-state index is -0.333. The lowest BCUT2D eigenvalue weighted by Gasteiger charge is -2.06. The summed E-state index contributed by atoms with van der Waals surface area (Å²) in [5.41, 5.74) is 0.877. The van der Waals surface area contributed by atoms with Crippen molar-refractivity contribution in [3.63, 3.8) is 0 Å². The van der Waals surface area contributed by atoms with Crippen LogP contribution < -0.4 is 14.8 Å². The molecule has 7 heteroatoms. The van der Waals surface area contributed by atoms with Gasteiger partial charge in [0, 0.05) is 5.02 Å². The predicted octanol–water partition coefficient (Wildman–Crippen LogP) is 3.55. The van der Waals surface area contributed by atoms with E-state index in [1.807, 2.05) is 30.3 Å². The summed E-state index contributed by atoms with van der Waals surface area (Å²) in [5.74, 6) is 0.566. The van der Waals surface area contributed by atoms with Gasteiger partial charge < -0.3 is 14.8 Å². The van der Waals surface area contributed by atoms with E-state index in [4.69, 9.17) is 21.1 Å². The third-order valence-corrected chi connectivity index (χ3v) is 3.56. The molecule has 0 saturated heterocycles. The molecule has 3 aromatic rings. The number of amides is 1. The summed E-state index contributed by atoms with van der Waals surface area (Å²) < 4.78 is 12.4. The molecule has 0 fully saturated rings. The number of carbonyl (C=O) groups is 1. The van der Waals surface area contributed by atoms with Gasteiger partial charge in [0.05, 0.1) is 19.0 Å². The number of hydrogen-bond acceptors (Lipinski definition) is 4. The summed E-state index contributed by atoms with van der Waals surface area (Å²) in [6.07, 6.45) is 1.69. The highest BCUT2D eigenvalue weighted by molar-refractivity contribution is 6.30. The molecule has 0 atom stereocenters. The Morgan fingerprint density at radius 2 is 2.00 bits per heavy atom. The third kappa shape index (κ3) is 4.30. The fraction of sp³-hybridized carbons (Fsp3) is 0.111. The Morgan fingerprint density at radius 3 is 2.72 bits per heavy atom. The fourth-order valence-electron chi connectivity index (χ4n) is 2.23. The average molecular weight is 358 g/mol. The van der Waals surface area contributed by atoms with Gasteiger partial charge in [-0.05, 0) is 30.3 Å². The number of hydrogen-bond donors (Lipinski definition) is 1. The van der Waals surface area contributed by atoms with Crippen LogP contribution in [0.2, 0.25) is 5.02 Å². The maximum Gasteiger partial charge on any atom is 0.302 e. The molecule has 2 aromatic carbocycles. The molecule has 0 aliphatic carbocycles. The van der Waals surface area contributed by atoms with Gasteiger partial charge in [-0.2, -0.15) is 4.98 Å². The number of anilines is 1. The molecule has 0 radical (unpaired) electrons. The quantitative estimate of drug-likeness (QED) is 0.732. The minimum Gasteiger partial charge on any atom is -0.484 e. The van der Waals surface area contributed by atoms with Gasteiger partial charge >= 0.3 is 6.01 Å². The lowest BCUT2D eigenvalue weighted by molar-refractivity contribution is -0.118. The number of halogens is 1. The van der Waals surface area contributed by atoms with Crippen molar-refractivity contribution >= 4 is 23.3 Å². The van der Waals surface area contributed by atoms with Gasteiger partial charge in [0.2, 0.25) is 0 Å². The molecule has 0 aliphatic heterocycles. The fourth-order valence-corrected chi connectivity index (χ4v) is 2.41. The smallest absolute Gasteiger partial charge is 0.302 e. The van der Waals surface area contributed by atoms with Gasteiger partial charge in [-0.1, -0.05) is 35.9 Å². The van der Waals surface area contributed by atoms with Gasteiger partial charge in [0.1, 0.15) is 5.75 Å². The molecule has 1 aromatic heterocycles. The first kappa shape index (κ1) is 16.9. The van der Waals surface area contributed by atoms with E-state index in [1.165, 1.54) is 7.11 Å². The summed E-state index contributed by atoms with van der Waals surface area (Å²) in [4.78, 5) is 16.3. The lowest BCUT2D eigenvalue weighted by atomic mass is 10.3. The van der Waals surface area contributed by atoms with Crippen molar-refractivity contribution in [2.75, 3.05) is 19.0 Å². The highest BCUT2D eigenvalue weighted by atomic mass is 35.5. The molecule has 1 heterocycles. The van der Waals surface area contributed by atoms with Crippen molar-refractivity contribution < 1.29 is 14.3 Å². The highest BCUT2D eigenvalue weighted by Crippen LogP contribution is 2.21. The molecule has 25 heavy (non-hydrogen) atoms. The Kier molecular flexibility index (Phi) is 5.20. The molecule has 0 aliphatic rings. The van der Waals surface area contributed by atoms with Crippen LogP contribution in [0.3, 0.4) is 0 Å². The van der Waals surface area contributed by atoms with E-state index in [0.29, 0.717) is 22.6 Å². The SMILES string of the molecule is COc1nc(NC(=O)COc2cccc(Cl)c2)cn1-c1ccccc1. The number of para-hydroxylation sites is 1. The molecule has 128 valence electrons. The predicted molar refractivity (Wildman–Crippen MR) is 95.7 cm³/mol. The number of nitrogens with one attached hydrogen (secondary N) is 1. The number of methoxy groups -OCH3 is 1. The third-order valence-electron chi connectivity index (χ3n) is 3.32. The van der Waals surface area contributed by atoms with Crippen molar-refractivity contribution in [3.8, 4) is 17.4 Å². The van der Waals surface area contributed by atoms with Crippen LogP contribution in [-0.2, 0) is 4.79 Å². The summed E-state index contributed by atoms with van der Waals surface area (Å²) >= 11 is 5.88. The van der Waals surface area contributed by atoms with Gasteiger partial charge in [0.15, 0.2) is 12.4 Å². The number of rotatable bonds is 6. The van der Waals surface area contributed by atoms with Gasteiger partial charge in [-0.15, -0.1) is 0 Å². The molecule has 6 nitrogen and oxygen atoms in total. The number of imidazole rings is 1. The van der Waals surface area contributed by atoms with E-state index in [1.54, 1.807) is 35.0 Å². The average Bonchev–Trinajstić information content (AvgIpc) is 3.03. The largest absolute Gasteiger partial charge is 0.484 e. The van der Waals surface area contributed by atoms with Crippen LogP contribution in [0, 0.1) is 0 Å². The summed E-state index contributed by atoms with van der Waals surface area (Å²) in [6.45, 7) is -0.152.